The summed E-state index contributed by atoms with van der Waals surface area (Å²) >= 11 is 0. The van der Waals surface area contributed by atoms with Crippen molar-refractivity contribution < 1.29 is 4.43 Å². The second kappa shape index (κ2) is 8.46. The van der Waals surface area contributed by atoms with Crippen LogP contribution >= 0.6 is 0 Å². The van der Waals surface area contributed by atoms with Gasteiger partial charge in [-0.05, 0) is 49.5 Å². The minimum atomic E-state index is -0.274. The van der Waals surface area contributed by atoms with Crippen molar-refractivity contribution in [1.29, 1.82) is 0 Å². The van der Waals surface area contributed by atoms with Crippen molar-refractivity contribution in [2.24, 2.45) is 17.8 Å². The SMILES string of the molecule is CC(C)C[SiH2]OC(C1CCCCC1)C1CCCCC1. The minimum absolute atomic E-state index is 0.274. The second-order valence-electron chi connectivity index (χ2n) is 7.31. The van der Waals surface area contributed by atoms with Crippen LogP contribution in [0.25, 0.3) is 0 Å². The molecule has 2 aliphatic carbocycles. The molecule has 0 spiro atoms. The Labute approximate surface area is 122 Å². The maximum Gasteiger partial charge on any atom is 0.162 e. The Morgan fingerprint density at radius 3 is 1.74 bits per heavy atom. The van der Waals surface area contributed by atoms with Gasteiger partial charge in [-0.3, -0.25) is 0 Å². The molecule has 0 atom stereocenters. The van der Waals surface area contributed by atoms with Crippen LogP contribution in [-0.2, 0) is 4.43 Å². The van der Waals surface area contributed by atoms with Crippen molar-refractivity contribution in [2.45, 2.75) is 90.2 Å². The lowest BCUT2D eigenvalue weighted by molar-refractivity contribution is 0.0411. The molecule has 0 aliphatic heterocycles. The van der Waals surface area contributed by atoms with Gasteiger partial charge in [-0.2, -0.15) is 0 Å². The van der Waals surface area contributed by atoms with Gasteiger partial charge in [0.05, 0.1) is 0 Å². The van der Waals surface area contributed by atoms with Gasteiger partial charge >= 0.3 is 0 Å². The lowest BCUT2D eigenvalue weighted by atomic mass is 9.75. The van der Waals surface area contributed by atoms with E-state index in [1.807, 2.05) is 0 Å². The molecule has 0 N–H and O–H groups in total. The van der Waals surface area contributed by atoms with E-state index in [9.17, 15) is 0 Å². The fourth-order valence-corrected chi connectivity index (χ4v) is 5.45. The van der Waals surface area contributed by atoms with Crippen molar-refractivity contribution in [3.05, 3.63) is 0 Å². The summed E-state index contributed by atoms with van der Waals surface area (Å²) in [5.41, 5.74) is 0. The largest absolute Gasteiger partial charge is 0.421 e. The Hall–Kier alpha value is 0.177. The number of hydrogen-bond donors (Lipinski definition) is 0. The van der Waals surface area contributed by atoms with Crippen LogP contribution in [0.15, 0.2) is 0 Å². The Bertz CT molecular complexity index is 211. The van der Waals surface area contributed by atoms with Crippen molar-refractivity contribution >= 4 is 9.76 Å². The maximum atomic E-state index is 6.57. The Balaban J connectivity index is 1.86. The molecule has 2 saturated carbocycles. The molecule has 0 bridgehead atoms. The van der Waals surface area contributed by atoms with Gasteiger partial charge in [0.15, 0.2) is 9.76 Å². The summed E-state index contributed by atoms with van der Waals surface area (Å²) in [5.74, 6) is 2.66. The molecular formula is C17H34OSi. The Morgan fingerprint density at radius 1 is 0.842 bits per heavy atom. The molecule has 0 saturated heterocycles. The van der Waals surface area contributed by atoms with Gasteiger partial charge in [0.25, 0.3) is 0 Å². The van der Waals surface area contributed by atoms with Crippen LogP contribution in [0.1, 0.15) is 78.1 Å². The van der Waals surface area contributed by atoms with E-state index in [0.717, 1.165) is 17.8 Å². The zero-order valence-electron chi connectivity index (χ0n) is 13.2. The second-order valence-corrected chi connectivity index (χ2v) is 8.63. The predicted molar refractivity (Wildman–Crippen MR) is 86.2 cm³/mol. The molecule has 2 heteroatoms. The number of hydrogen-bond acceptors (Lipinski definition) is 1. The van der Waals surface area contributed by atoms with Crippen molar-refractivity contribution in [3.8, 4) is 0 Å². The molecule has 112 valence electrons. The molecule has 1 nitrogen and oxygen atoms in total. The van der Waals surface area contributed by atoms with Crippen LogP contribution in [0, 0.1) is 17.8 Å². The molecule has 0 aromatic carbocycles. The molecule has 2 aliphatic rings. The highest BCUT2D eigenvalue weighted by molar-refractivity contribution is 6.27. The van der Waals surface area contributed by atoms with Crippen molar-refractivity contribution in [1.82, 2.24) is 0 Å². The van der Waals surface area contributed by atoms with Gasteiger partial charge in [0.2, 0.25) is 0 Å². The van der Waals surface area contributed by atoms with Crippen LogP contribution in [0.4, 0.5) is 0 Å². The molecule has 2 rings (SSSR count). The summed E-state index contributed by atoms with van der Waals surface area (Å²) in [5, 5.41) is 0. The van der Waals surface area contributed by atoms with Gasteiger partial charge in [0, 0.05) is 6.10 Å². The predicted octanol–water partition coefficient (Wildman–Crippen LogP) is 4.69. The summed E-state index contributed by atoms with van der Waals surface area (Å²) in [6.45, 7) is 4.68. The van der Waals surface area contributed by atoms with Gasteiger partial charge in [-0.1, -0.05) is 52.4 Å². The highest BCUT2D eigenvalue weighted by Gasteiger charge is 2.31. The molecule has 2 fully saturated rings. The highest BCUT2D eigenvalue weighted by Crippen LogP contribution is 2.37. The number of rotatable bonds is 6. The van der Waals surface area contributed by atoms with E-state index in [1.54, 1.807) is 0 Å². The molecule has 0 heterocycles. The first-order valence-electron chi connectivity index (χ1n) is 8.89. The Morgan fingerprint density at radius 2 is 1.32 bits per heavy atom. The standard InChI is InChI=1S/C17H34OSi/c1-14(2)13-19-18-17(15-9-5-3-6-10-15)16-11-7-4-8-12-16/h14-17H,3-13,19H2,1-2H3. The average Bonchev–Trinajstić information content (AvgIpc) is 2.45. The van der Waals surface area contributed by atoms with Crippen LogP contribution < -0.4 is 0 Å². The van der Waals surface area contributed by atoms with E-state index in [1.165, 1.54) is 70.3 Å². The third-order valence-corrected chi connectivity index (χ3v) is 7.25. The molecule has 0 amide bonds. The average molecular weight is 283 g/mol. The highest BCUT2D eigenvalue weighted by atomic mass is 28.2. The lowest BCUT2D eigenvalue weighted by Crippen LogP contribution is -2.35. The van der Waals surface area contributed by atoms with E-state index in [0.29, 0.717) is 6.10 Å². The molecule has 0 aromatic rings. The normalized spacial score (nSPS) is 24.0. The lowest BCUT2D eigenvalue weighted by Gasteiger charge is -2.38. The van der Waals surface area contributed by atoms with Crippen molar-refractivity contribution in [2.75, 3.05) is 0 Å². The monoisotopic (exact) mass is 282 g/mol. The van der Waals surface area contributed by atoms with E-state index in [-0.39, 0.29) is 9.76 Å². The zero-order chi connectivity index (χ0) is 13.5. The summed E-state index contributed by atoms with van der Waals surface area (Å²) in [6, 6.07) is 1.37. The molecule has 19 heavy (non-hydrogen) atoms. The first-order chi connectivity index (χ1) is 9.27. The van der Waals surface area contributed by atoms with E-state index < -0.39 is 0 Å². The van der Waals surface area contributed by atoms with Crippen LogP contribution in [0.2, 0.25) is 6.04 Å². The fraction of sp³-hybridized carbons (Fsp3) is 1.00. The Kier molecular flexibility index (Phi) is 6.93. The van der Waals surface area contributed by atoms with Gasteiger partial charge < -0.3 is 4.43 Å². The molecule has 0 radical (unpaired) electrons. The first kappa shape index (κ1) is 15.6. The van der Waals surface area contributed by atoms with E-state index >= 15 is 0 Å². The maximum absolute atomic E-state index is 6.57. The molecular weight excluding hydrogens is 248 g/mol. The smallest absolute Gasteiger partial charge is 0.162 e. The van der Waals surface area contributed by atoms with Gasteiger partial charge in [-0.25, -0.2) is 0 Å². The van der Waals surface area contributed by atoms with Crippen LogP contribution in [-0.4, -0.2) is 15.9 Å². The van der Waals surface area contributed by atoms with Crippen LogP contribution in [0.3, 0.4) is 0 Å². The summed E-state index contributed by atoms with van der Waals surface area (Å²) < 4.78 is 6.57. The molecule has 0 aromatic heterocycles. The van der Waals surface area contributed by atoms with Crippen LogP contribution in [0.5, 0.6) is 0 Å². The first-order valence-corrected chi connectivity index (χ1v) is 10.5. The third-order valence-electron chi connectivity index (χ3n) is 5.23. The summed E-state index contributed by atoms with van der Waals surface area (Å²) in [4.78, 5) is 0. The minimum Gasteiger partial charge on any atom is -0.421 e. The van der Waals surface area contributed by atoms with Crippen molar-refractivity contribution in [3.63, 3.8) is 0 Å². The summed E-state index contributed by atoms with van der Waals surface area (Å²) in [6.07, 6.45) is 15.3. The quantitative estimate of drug-likeness (QED) is 0.642. The summed E-state index contributed by atoms with van der Waals surface area (Å²) in [7, 11) is -0.274. The van der Waals surface area contributed by atoms with Gasteiger partial charge in [0.1, 0.15) is 0 Å². The molecule has 0 unspecified atom stereocenters. The van der Waals surface area contributed by atoms with Gasteiger partial charge in [-0.15, -0.1) is 0 Å². The topological polar surface area (TPSA) is 9.23 Å². The van der Waals surface area contributed by atoms with E-state index in [2.05, 4.69) is 13.8 Å². The third kappa shape index (κ3) is 5.22. The zero-order valence-corrected chi connectivity index (χ0v) is 14.6. The van der Waals surface area contributed by atoms with E-state index in [4.69, 9.17) is 4.43 Å². The fourth-order valence-electron chi connectivity index (χ4n) is 4.02.